The topological polar surface area (TPSA) is 67.2 Å². The van der Waals surface area contributed by atoms with Gasteiger partial charge < -0.3 is 10.4 Å². The van der Waals surface area contributed by atoms with Gasteiger partial charge in [0.1, 0.15) is 6.54 Å². The van der Waals surface area contributed by atoms with Gasteiger partial charge in [-0.1, -0.05) is 0 Å². The summed E-state index contributed by atoms with van der Waals surface area (Å²) in [6.07, 6.45) is 6.19. The summed E-state index contributed by atoms with van der Waals surface area (Å²) in [6.45, 7) is 0.243. The number of aromatic nitrogens is 2. The van der Waals surface area contributed by atoms with Crippen molar-refractivity contribution in [2.45, 2.75) is 31.3 Å². The molecule has 0 unspecified atom stereocenters. The largest absolute Gasteiger partial charge is 0.394 e. The fourth-order valence-corrected chi connectivity index (χ4v) is 1.80. The summed E-state index contributed by atoms with van der Waals surface area (Å²) < 4.78 is 1.57. The summed E-state index contributed by atoms with van der Waals surface area (Å²) in [7, 11) is 0. The molecule has 1 fully saturated rings. The van der Waals surface area contributed by atoms with Gasteiger partial charge in [0.2, 0.25) is 5.91 Å². The Morgan fingerprint density at radius 1 is 1.60 bits per heavy atom. The van der Waals surface area contributed by atoms with Gasteiger partial charge in [0, 0.05) is 12.4 Å². The maximum atomic E-state index is 11.6. The lowest BCUT2D eigenvalue weighted by atomic mass is 9.77. The summed E-state index contributed by atoms with van der Waals surface area (Å²) in [5.74, 6) is -0.0903. The second kappa shape index (κ2) is 4.02. The van der Waals surface area contributed by atoms with E-state index in [1.54, 1.807) is 23.1 Å². The Bertz CT molecular complexity index is 325. The van der Waals surface area contributed by atoms with Crippen LogP contribution in [0.4, 0.5) is 0 Å². The van der Waals surface area contributed by atoms with Gasteiger partial charge in [0.15, 0.2) is 0 Å². The zero-order valence-electron chi connectivity index (χ0n) is 8.52. The van der Waals surface area contributed by atoms with Crippen LogP contribution in [0.2, 0.25) is 0 Å². The van der Waals surface area contributed by atoms with Gasteiger partial charge in [0.05, 0.1) is 12.1 Å². The van der Waals surface area contributed by atoms with Gasteiger partial charge >= 0.3 is 0 Å². The number of aliphatic hydroxyl groups is 1. The number of aliphatic hydroxyl groups excluding tert-OH is 1. The molecule has 1 aliphatic rings. The second-order valence-corrected chi connectivity index (χ2v) is 4.04. The first kappa shape index (κ1) is 10.2. The molecule has 5 heteroatoms. The summed E-state index contributed by atoms with van der Waals surface area (Å²) in [4.78, 5) is 11.6. The van der Waals surface area contributed by atoms with Crippen molar-refractivity contribution in [1.29, 1.82) is 0 Å². The minimum Gasteiger partial charge on any atom is -0.394 e. The van der Waals surface area contributed by atoms with E-state index in [0.29, 0.717) is 0 Å². The van der Waals surface area contributed by atoms with Gasteiger partial charge in [-0.25, -0.2) is 0 Å². The minimum atomic E-state index is -0.357. The van der Waals surface area contributed by atoms with Crippen LogP contribution in [-0.2, 0) is 11.3 Å². The minimum absolute atomic E-state index is 0.0256. The molecule has 0 saturated heterocycles. The van der Waals surface area contributed by atoms with Gasteiger partial charge in [-0.05, 0) is 25.3 Å². The first-order valence-corrected chi connectivity index (χ1v) is 5.13. The molecule has 0 bridgehead atoms. The Morgan fingerprint density at radius 3 is 2.87 bits per heavy atom. The van der Waals surface area contributed by atoms with E-state index < -0.39 is 0 Å². The zero-order chi connectivity index (χ0) is 10.7. The Morgan fingerprint density at radius 2 is 2.40 bits per heavy atom. The highest BCUT2D eigenvalue weighted by atomic mass is 16.3. The molecular formula is C10H15N3O2. The number of rotatable bonds is 4. The Balaban J connectivity index is 1.87. The van der Waals surface area contributed by atoms with Crippen LogP contribution in [0.3, 0.4) is 0 Å². The van der Waals surface area contributed by atoms with Crippen LogP contribution in [0.25, 0.3) is 0 Å². The average molecular weight is 209 g/mol. The fourth-order valence-electron chi connectivity index (χ4n) is 1.80. The number of nitrogens with zero attached hydrogens (tertiary/aromatic N) is 2. The third-order valence-electron chi connectivity index (χ3n) is 2.88. The zero-order valence-corrected chi connectivity index (χ0v) is 8.52. The van der Waals surface area contributed by atoms with Crippen LogP contribution in [0.5, 0.6) is 0 Å². The summed E-state index contributed by atoms with van der Waals surface area (Å²) >= 11 is 0. The van der Waals surface area contributed by atoms with Crippen molar-refractivity contribution < 1.29 is 9.90 Å². The van der Waals surface area contributed by atoms with Crippen LogP contribution in [0, 0.1) is 0 Å². The molecule has 2 N–H and O–H groups in total. The molecule has 82 valence electrons. The van der Waals surface area contributed by atoms with Crippen LogP contribution < -0.4 is 5.32 Å². The normalized spacial score (nSPS) is 18.2. The first-order chi connectivity index (χ1) is 7.24. The summed E-state index contributed by atoms with van der Waals surface area (Å²) in [6, 6.07) is 1.78. The van der Waals surface area contributed by atoms with Crippen molar-refractivity contribution in [1.82, 2.24) is 15.1 Å². The Hall–Kier alpha value is -1.36. The van der Waals surface area contributed by atoms with Gasteiger partial charge in [-0.15, -0.1) is 0 Å². The third kappa shape index (κ3) is 2.18. The molecule has 0 aliphatic heterocycles. The van der Waals surface area contributed by atoms with Crippen LogP contribution in [-0.4, -0.2) is 32.9 Å². The number of carbonyl (C=O) groups is 1. The molecule has 0 atom stereocenters. The van der Waals surface area contributed by atoms with Gasteiger partial charge in [0.25, 0.3) is 0 Å². The van der Waals surface area contributed by atoms with Gasteiger partial charge in [-0.2, -0.15) is 5.10 Å². The quantitative estimate of drug-likeness (QED) is 0.728. The lowest BCUT2D eigenvalue weighted by Crippen LogP contribution is -2.56. The summed E-state index contributed by atoms with van der Waals surface area (Å²) in [5, 5.41) is 16.0. The van der Waals surface area contributed by atoms with Crippen molar-refractivity contribution in [3.8, 4) is 0 Å². The van der Waals surface area contributed by atoms with E-state index in [-0.39, 0.29) is 24.6 Å². The van der Waals surface area contributed by atoms with Crippen molar-refractivity contribution in [3.05, 3.63) is 18.5 Å². The number of hydrogen-bond donors (Lipinski definition) is 2. The van der Waals surface area contributed by atoms with E-state index >= 15 is 0 Å². The molecule has 5 nitrogen and oxygen atoms in total. The molecule has 0 aromatic carbocycles. The van der Waals surface area contributed by atoms with Crippen LogP contribution in [0.1, 0.15) is 19.3 Å². The fraction of sp³-hybridized carbons (Fsp3) is 0.600. The standard InChI is InChI=1S/C10H15N3O2/c14-8-10(3-1-4-10)12-9(15)7-13-6-2-5-11-13/h2,5-6,14H,1,3-4,7-8H2,(H,12,15). The van der Waals surface area contributed by atoms with Crippen molar-refractivity contribution in [2.24, 2.45) is 0 Å². The van der Waals surface area contributed by atoms with E-state index in [2.05, 4.69) is 10.4 Å². The maximum absolute atomic E-state index is 11.6. The molecule has 1 aromatic heterocycles. The lowest BCUT2D eigenvalue weighted by Gasteiger charge is -2.40. The molecule has 15 heavy (non-hydrogen) atoms. The predicted octanol–water partition coefficient (Wildman–Crippen LogP) is -0.0857. The molecule has 1 heterocycles. The average Bonchev–Trinajstić information content (AvgIpc) is 2.64. The molecule has 1 saturated carbocycles. The second-order valence-electron chi connectivity index (χ2n) is 4.04. The van der Waals surface area contributed by atoms with E-state index in [4.69, 9.17) is 0 Å². The molecule has 2 rings (SSSR count). The SMILES string of the molecule is O=C(Cn1cccn1)NC1(CO)CCC1. The highest BCUT2D eigenvalue weighted by Crippen LogP contribution is 2.30. The van der Waals surface area contributed by atoms with E-state index in [1.165, 1.54) is 0 Å². The smallest absolute Gasteiger partial charge is 0.242 e. The number of nitrogens with one attached hydrogen (secondary N) is 1. The molecule has 1 aromatic rings. The molecule has 1 amide bonds. The van der Waals surface area contributed by atoms with Gasteiger partial charge in [-0.3, -0.25) is 9.48 Å². The predicted molar refractivity (Wildman–Crippen MR) is 54.0 cm³/mol. The molecule has 0 spiro atoms. The first-order valence-electron chi connectivity index (χ1n) is 5.13. The van der Waals surface area contributed by atoms with E-state index in [1.807, 2.05) is 0 Å². The number of carbonyl (C=O) groups excluding carboxylic acids is 1. The number of hydrogen-bond acceptors (Lipinski definition) is 3. The molecular weight excluding hydrogens is 194 g/mol. The van der Waals surface area contributed by atoms with Crippen molar-refractivity contribution in [2.75, 3.05) is 6.61 Å². The Kier molecular flexibility index (Phi) is 2.73. The maximum Gasteiger partial charge on any atom is 0.242 e. The van der Waals surface area contributed by atoms with Crippen molar-refractivity contribution in [3.63, 3.8) is 0 Å². The van der Waals surface area contributed by atoms with Crippen LogP contribution >= 0.6 is 0 Å². The Labute approximate surface area is 88.1 Å². The number of amides is 1. The highest BCUT2D eigenvalue weighted by Gasteiger charge is 2.37. The lowest BCUT2D eigenvalue weighted by molar-refractivity contribution is -0.125. The highest BCUT2D eigenvalue weighted by molar-refractivity contribution is 5.76. The van der Waals surface area contributed by atoms with E-state index in [9.17, 15) is 9.90 Å². The summed E-state index contributed by atoms with van der Waals surface area (Å²) in [5.41, 5.74) is -0.357. The van der Waals surface area contributed by atoms with Crippen LogP contribution in [0.15, 0.2) is 18.5 Å². The monoisotopic (exact) mass is 209 g/mol. The molecule has 1 aliphatic carbocycles. The third-order valence-corrected chi connectivity index (χ3v) is 2.88. The van der Waals surface area contributed by atoms with Crippen molar-refractivity contribution >= 4 is 5.91 Å². The van der Waals surface area contributed by atoms with E-state index in [0.717, 1.165) is 19.3 Å². The molecule has 0 radical (unpaired) electrons.